The Kier molecular flexibility index (Phi) is 37.3. The van der Waals surface area contributed by atoms with Gasteiger partial charge in [0.05, 0.1) is 0 Å². The van der Waals surface area contributed by atoms with E-state index in [4.69, 9.17) is 16.6 Å². The van der Waals surface area contributed by atoms with Crippen molar-refractivity contribution in [2.45, 2.75) is 38.6 Å². The van der Waals surface area contributed by atoms with Crippen LogP contribution in [0, 0.1) is 0 Å². The normalized spacial score (nSPS) is 10.6. The number of nitrogens with two attached hydrogens (primary N) is 2. The lowest BCUT2D eigenvalue weighted by atomic mass is 10.2. The average molecular weight is 420 g/mol. The molecule has 0 spiro atoms. The molecule has 0 unspecified atom stereocenters. The third-order valence-corrected chi connectivity index (χ3v) is 3.16. The Hall–Kier alpha value is 0.470. The monoisotopic (exact) mass is 418 g/mol. The molecular formula is C13H34Cl4N4O2. The Morgan fingerprint density at radius 3 is 1.91 bits per heavy atom. The second-order valence-corrected chi connectivity index (χ2v) is 4.79. The number of hydrogen-bond donors (Lipinski definition) is 4. The van der Waals surface area contributed by atoms with Gasteiger partial charge in [-0.1, -0.05) is 0 Å². The molecular weight excluding hydrogens is 386 g/mol. The summed E-state index contributed by atoms with van der Waals surface area (Å²) in [5, 5.41) is 12.4. The molecule has 0 fully saturated rings. The zero-order valence-electron chi connectivity index (χ0n) is 13.7. The van der Waals surface area contributed by atoms with Crippen LogP contribution in [-0.4, -0.2) is 61.3 Å². The molecule has 0 aliphatic rings. The molecule has 0 aromatic carbocycles. The van der Waals surface area contributed by atoms with E-state index in [1.54, 1.807) is 6.92 Å². The number of carboxylic acid groups (broad SMARTS) is 1. The number of hydrogen-bond acceptors (Lipinski definition) is 5. The standard InChI is InChI=1S/C13H30N4O2.4ClH/c1-12(13(18)19)17(11-5-7-15)10-3-2-8-16-9-4-6-14;;;;/h12,16H,2-11,14-15H2,1H3,(H,18,19);4*1H/t12-;;;;/m0..../s1. The minimum Gasteiger partial charge on any atom is -0.480 e. The summed E-state index contributed by atoms with van der Waals surface area (Å²) in [5.74, 6) is -0.766. The molecule has 0 rings (SSSR count). The fourth-order valence-corrected chi connectivity index (χ4v) is 1.87. The van der Waals surface area contributed by atoms with Crippen molar-refractivity contribution in [3.63, 3.8) is 0 Å². The van der Waals surface area contributed by atoms with Crippen LogP contribution in [0.3, 0.4) is 0 Å². The van der Waals surface area contributed by atoms with Crippen LogP contribution in [0.1, 0.15) is 32.6 Å². The molecule has 0 amide bonds. The smallest absolute Gasteiger partial charge is 0.320 e. The topological polar surface area (TPSA) is 105 Å². The summed E-state index contributed by atoms with van der Waals surface area (Å²) in [6.45, 7) is 6.54. The number of nitrogens with zero attached hydrogens (tertiary/aromatic N) is 1. The third kappa shape index (κ3) is 20.4. The van der Waals surface area contributed by atoms with Crippen LogP contribution in [-0.2, 0) is 4.79 Å². The van der Waals surface area contributed by atoms with Crippen molar-refractivity contribution in [3.8, 4) is 0 Å². The number of halogens is 4. The number of rotatable bonds is 13. The van der Waals surface area contributed by atoms with E-state index in [0.717, 1.165) is 58.4 Å². The number of aliphatic carboxylic acids is 1. The second-order valence-electron chi connectivity index (χ2n) is 4.79. The third-order valence-electron chi connectivity index (χ3n) is 3.16. The molecule has 0 radical (unpaired) electrons. The zero-order valence-corrected chi connectivity index (χ0v) is 17.0. The summed E-state index contributed by atoms with van der Waals surface area (Å²) >= 11 is 0. The molecule has 146 valence electrons. The predicted octanol–water partition coefficient (Wildman–Crippen LogP) is 1.52. The van der Waals surface area contributed by atoms with Crippen molar-refractivity contribution in [1.82, 2.24) is 10.2 Å². The van der Waals surface area contributed by atoms with E-state index in [1.807, 2.05) is 4.90 Å². The van der Waals surface area contributed by atoms with Gasteiger partial charge in [-0.05, 0) is 65.3 Å². The van der Waals surface area contributed by atoms with Crippen LogP contribution in [0.4, 0.5) is 0 Å². The fourth-order valence-electron chi connectivity index (χ4n) is 1.87. The average Bonchev–Trinajstić information content (AvgIpc) is 2.40. The van der Waals surface area contributed by atoms with Crippen molar-refractivity contribution in [2.24, 2.45) is 11.5 Å². The maximum atomic E-state index is 11.0. The molecule has 0 heterocycles. The highest BCUT2D eigenvalue weighted by atomic mass is 35.5. The Labute approximate surface area is 165 Å². The van der Waals surface area contributed by atoms with Gasteiger partial charge >= 0.3 is 5.97 Å². The lowest BCUT2D eigenvalue weighted by molar-refractivity contribution is -0.142. The summed E-state index contributed by atoms with van der Waals surface area (Å²) in [6.07, 6.45) is 3.89. The minimum atomic E-state index is -0.766. The van der Waals surface area contributed by atoms with E-state index in [-0.39, 0.29) is 49.6 Å². The molecule has 0 saturated carbocycles. The number of nitrogens with one attached hydrogen (secondary N) is 1. The molecule has 0 aliphatic heterocycles. The van der Waals surface area contributed by atoms with Gasteiger partial charge in [0, 0.05) is 6.54 Å². The molecule has 6 N–H and O–H groups in total. The Bertz CT molecular complexity index is 242. The first kappa shape index (κ1) is 34.7. The van der Waals surface area contributed by atoms with Crippen LogP contribution in [0.25, 0.3) is 0 Å². The van der Waals surface area contributed by atoms with Crippen molar-refractivity contribution in [2.75, 3.05) is 39.3 Å². The van der Waals surface area contributed by atoms with Crippen molar-refractivity contribution in [1.29, 1.82) is 0 Å². The quantitative estimate of drug-likeness (QED) is 0.337. The van der Waals surface area contributed by atoms with E-state index >= 15 is 0 Å². The highest BCUT2D eigenvalue weighted by molar-refractivity contribution is 5.86. The lowest BCUT2D eigenvalue weighted by Gasteiger charge is -2.26. The summed E-state index contributed by atoms with van der Waals surface area (Å²) in [4.78, 5) is 13.0. The van der Waals surface area contributed by atoms with Gasteiger partial charge in [0.15, 0.2) is 0 Å². The zero-order chi connectivity index (χ0) is 14.5. The highest BCUT2D eigenvalue weighted by Gasteiger charge is 2.19. The Balaban J connectivity index is -0.000000270. The fraction of sp³-hybridized carbons (Fsp3) is 0.923. The molecule has 6 nitrogen and oxygen atoms in total. The summed E-state index contributed by atoms with van der Waals surface area (Å²) in [7, 11) is 0. The van der Waals surface area contributed by atoms with Gasteiger partial charge in [0.1, 0.15) is 6.04 Å². The first-order valence-corrected chi connectivity index (χ1v) is 7.21. The van der Waals surface area contributed by atoms with Crippen molar-refractivity contribution in [3.05, 3.63) is 0 Å². The van der Waals surface area contributed by atoms with Crippen LogP contribution in [0.2, 0.25) is 0 Å². The first-order valence-electron chi connectivity index (χ1n) is 7.21. The molecule has 1 atom stereocenters. The largest absolute Gasteiger partial charge is 0.480 e. The molecule has 0 bridgehead atoms. The minimum absolute atomic E-state index is 0. The highest BCUT2D eigenvalue weighted by Crippen LogP contribution is 2.03. The van der Waals surface area contributed by atoms with E-state index in [1.165, 1.54) is 0 Å². The molecule has 0 aliphatic carbocycles. The van der Waals surface area contributed by atoms with Gasteiger partial charge < -0.3 is 21.9 Å². The summed E-state index contributed by atoms with van der Waals surface area (Å²) in [6, 6.07) is -0.434. The molecule has 0 saturated heterocycles. The van der Waals surface area contributed by atoms with Crippen LogP contribution < -0.4 is 16.8 Å². The summed E-state index contributed by atoms with van der Waals surface area (Å²) < 4.78 is 0. The number of carboxylic acids is 1. The maximum absolute atomic E-state index is 11.0. The van der Waals surface area contributed by atoms with Crippen molar-refractivity contribution < 1.29 is 9.90 Å². The van der Waals surface area contributed by atoms with Crippen LogP contribution >= 0.6 is 49.6 Å². The van der Waals surface area contributed by atoms with Crippen LogP contribution in [0.5, 0.6) is 0 Å². The van der Waals surface area contributed by atoms with E-state index in [9.17, 15) is 4.79 Å². The molecule has 23 heavy (non-hydrogen) atoms. The van der Waals surface area contributed by atoms with E-state index in [2.05, 4.69) is 5.32 Å². The van der Waals surface area contributed by atoms with Crippen molar-refractivity contribution >= 4 is 55.6 Å². The predicted molar refractivity (Wildman–Crippen MR) is 107 cm³/mol. The van der Waals surface area contributed by atoms with Gasteiger partial charge in [0.2, 0.25) is 0 Å². The molecule has 0 aromatic heterocycles. The van der Waals surface area contributed by atoms with Crippen LogP contribution in [0.15, 0.2) is 0 Å². The van der Waals surface area contributed by atoms with Gasteiger partial charge in [-0.25, -0.2) is 0 Å². The number of unbranched alkanes of at least 4 members (excludes halogenated alkanes) is 1. The first-order chi connectivity index (χ1) is 9.13. The Morgan fingerprint density at radius 1 is 0.957 bits per heavy atom. The SMILES string of the molecule is C[C@@H](C(=O)O)N(CCCN)CCCCNCCCN.Cl.Cl.Cl.Cl. The van der Waals surface area contributed by atoms with E-state index in [0.29, 0.717) is 6.54 Å². The summed E-state index contributed by atoms with van der Waals surface area (Å²) in [5.41, 5.74) is 10.9. The molecule has 0 aromatic rings. The maximum Gasteiger partial charge on any atom is 0.320 e. The van der Waals surface area contributed by atoms with Gasteiger partial charge in [-0.3, -0.25) is 9.69 Å². The lowest BCUT2D eigenvalue weighted by Crippen LogP contribution is -2.40. The van der Waals surface area contributed by atoms with E-state index < -0.39 is 12.0 Å². The van der Waals surface area contributed by atoms with Gasteiger partial charge in [-0.15, -0.1) is 49.6 Å². The Morgan fingerprint density at radius 2 is 1.43 bits per heavy atom. The van der Waals surface area contributed by atoms with Gasteiger partial charge in [0.25, 0.3) is 0 Å². The molecule has 10 heteroatoms. The second kappa shape index (κ2) is 24.7. The van der Waals surface area contributed by atoms with Gasteiger partial charge in [-0.2, -0.15) is 0 Å². The number of carbonyl (C=O) groups is 1.